The van der Waals surface area contributed by atoms with Crippen LogP contribution in [0.1, 0.15) is 11.3 Å². The Kier molecular flexibility index (Phi) is 8.40. The molecular weight excluding hydrogens is 407 g/mol. The fourth-order valence-corrected chi connectivity index (χ4v) is 2.84. The van der Waals surface area contributed by atoms with Gasteiger partial charge in [-0.3, -0.25) is 9.97 Å². The second kappa shape index (κ2) is 11.0. The Morgan fingerprint density at radius 3 is 2.67 bits per heavy atom. The number of rotatable bonds is 7. The van der Waals surface area contributed by atoms with Crippen LogP contribution < -0.4 is 16.4 Å². The third-order valence-electron chi connectivity index (χ3n) is 4.06. The molecule has 0 unspecified atom stereocenters. The molecule has 3 aromatic rings. The van der Waals surface area contributed by atoms with Crippen molar-refractivity contribution >= 4 is 41.2 Å². The zero-order valence-electron chi connectivity index (χ0n) is 16.5. The molecule has 0 radical (unpaired) electrons. The molecule has 7 nitrogen and oxygen atoms in total. The van der Waals surface area contributed by atoms with Gasteiger partial charge in [-0.1, -0.05) is 11.6 Å². The van der Waals surface area contributed by atoms with Crippen LogP contribution in [0.2, 0.25) is 5.02 Å². The van der Waals surface area contributed by atoms with E-state index < -0.39 is 5.82 Å². The highest BCUT2D eigenvalue weighted by atomic mass is 35.5. The van der Waals surface area contributed by atoms with Crippen LogP contribution in [0.25, 0.3) is 11.3 Å². The van der Waals surface area contributed by atoms with Gasteiger partial charge < -0.3 is 26.6 Å². The van der Waals surface area contributed by atoms with Crippen LogP contribution >= 0.6 is 11.6 Å². The highest BCUT2D eigenvalue weighted by molar-refractivity contribution is 6.30. The SMILES string of the molecule is CN.Cc1cnc(-c2cc(Cl)ccc2F)cc1Nc1ccnc(C=N)c1NCC=O. The minimum Gasteiger partial charge on any atom is -0.375 e. The number of nitrogens with two attached hydrogens (primary N) is 1. The smallest absolute Gasteiger partial charge is 0.139 e. The summed E-state index contributed by atoms with van der Waals surface area (Å²) in [5, 5.41) is 14.1. The fraction of sp³-hybridized carbons (Fsp3) is 0.143. The van der Waals surface area contributed by atoms with E-state index in [-0.39, 0.29) is 6.54 Å². The minimum absolute atomic E-state index is 0.0789. The van der Waals surface area contributed by atoms with Gasteiger partial charge in [0.25, 0.3) is 0 Å². The summed E-state index contributed by atoms with van der Waals surface area (Å²) < 4.78 is 14.2. The van der Waals surface area contributed by atoms with Gasteiger partial charge in [0.2, 0.25) is 0 Å². The van der Waals surface area contributed by atoms with Gasteiger partial charge in [0.15, 0.2) is 0 Å². The lowest BCUT2D eigenvalue weighted by atomic mass is 10.1. The van der Waals surface area contributed by atoms with E-state index in [2.05, 4.69) is 26.3 Å². The number of aldehydes is 1. The first kappa shape index (κ1) is 22.9. The molecule has 9 heteroatoms. The minimum atomic E-state index is -0.421. The third-order valence-corrected chi connectivity index (χ3v) is 4.29. The average Bonchev–Trinajstić information content (AvgIpc) is 2.77. The molecule has 30 heavy (non-hydrogen) atoms. The van der Waals surface area contributed by atoms with Gasteiger partial charge in [-0.25, -0.2) is 4.39 Å². The molecule has 0 amide bonds. The monoisotopic (exact) mass is 428 g/mol. The van der Waals surface area contributed by atoms with E-state index in [0.717, 1.165) is 18.1 Å². The van der Waals surface area contributed by atoms with E-state index in [0.29, 0.717) is 39.0 Å². The van der Waals surface area contributed by atoms with Crippen molar-refractivity contribution in [1.29, 1.82) is 5.41 Å². The summed E-state index contributed by atoms with van der Waals surface area (Å²) in [5.74, 6) is -0.421. The first-order valence-electron chi connectivity index (χ1n) is 8.97. The van der Waals surface area contributed by atoms with Crippen LogP contribution in [0.4, 0.5) is 21.5 Å². The zero-order chi connectivity index (χ0) is 22.1. The van der Waals surface area contributed by atoms with Gasteiger partial charge in [-0.2, -0.15) is 0 Å². The maximum atomic E-state index is 14.2. The largest absolute Gasteiger partial charge is 0.375 e. The topological polar surface area (TPSA) is 117 Å². The fourth-order valence-electron chi connectivity index (χ4n) is 2.67. The van der Waals surface area contributed by atoms with Crippen molar-refractivity contribution in [3.8, 4) is 11.3 Å². The van der Waals surface area contributed by atoms with Crippen molar-refractivity contribution in [2.45, 2.75) is 6.92 Å². The van der Waals surface area contributed by atoms with Crippen molar-refractivity contribution in [2.24, 2.45) is 5.73 Å². The number of pyridine rings is 2. The second-order valence-corrected chi connectivity index (χ2v) is 6.38. The Bertz CT molecular complexity index is 1040. The summed E-state index contributed by atoms with van der Waals surface area (Å²) in [6.07, 6.45) is 5.02. The van der Waals surface area contributed by atoms with Gasteiger partial charge in [0.05, 0.1) is 23.6 Å². The molecule has 0 fully saturated rings. The Labute approximate surface area is 179 Å². The third kappa shape index (κ3) is 5.37. The number of carbonyl (C=O) groups excluding carboxylic acids is 1. The molecule has 1 aromatic carbocycles. The molecular formula is C21H22ClFN6O. The number of nitrogens with zero attached hydrogens (tertiary/aromatic N) is 2. The van der Waals surface area contributed by atoms with E-state index in [9.17, 15) is 9.18 Å². The number of halogens is 2. The predicted octanol–water partition coefficient (Wildman–Crippen LogP) is 4.17. The molecule has 0 atom stereocenters. The number of benzene rings is 1. The molecule has 0 saturated carbocycles. The number of anilines is 3. The number of aromatic nitrogens is 2. The highest BCUT2D eigenvalue weighted by Gasteiger charge is 2.13. The summed E-state index contributed by atoms with van der Waals surface area (Å²) in [7, 11) is 1.50. The first-order chi connectivity index (χ1) is 14.5. The van der Waals surface area contributed by atoms with Crippen molar-refractivity contribution in [3.05, 3.63) is 64.8 Å². The Balaban J connectivity index is 0.00000155. The molecule has 0 saturated heterocycles. The number of carbonyl (C=O) groups is 1. The summed E-state index contributed by atoms with van der Waals surface area (Å²) in [5.41, 5.74) is 8.29. The van der Waals surface area contributed by atoms with Crippen LogP contribution in [-0.2, 0) is 4.79 Å². The molecule has 3 rings (SSSR count). The summed E-state index contributed by atoms with van der Waals surface area (Å²) in [6.45, 7) is 1.94. The maximum absolute atomic E-state index is 14.2. The Hall–Kier alpha value is -3.36. The highest BCUT2D eigenvalue weighted by Crippen LogP contribution is 2.32. The zero-order valence-corrected chi connectivity index (χ0v) is 17.3. The molecule has 0 aliphatic rings. The van der Waals surface area contributed by atoms with Crippen molar-refractivity contribution < 1.29 is 9.18 Å². The van der Waals surface area contributed by atoms with Gasteiger partial charge in [0, 0.05) is 34.9 Å². The van der Waals surface area contributed by atoms with Gasteiger partial charge in [0.1, 0.15) is 17.8 Å². The van der Waals surface area contributed by atoms with E-state index in [1.807, 2.05) is 6.92 Å². The van der Waals surface area contributed by atoms with Gasteiger partial charge in [-0.15, -0.1) is 0 Å². The van der Waals surface area contributed by atoms with Gasteiger partial charge in [-0.05, 0) is 49.9 Å². The molecule has 0 bridgehead atoms. The van der Waals surface area contributed by atoms with Crippen molar-refractivity contribution in [2.75, 3.05) is 24.2 Å². The van der Waals surface area contributed by atoms with Crippen LogP contribution in [-0.4, -0.2) is 36.1 Å². The number of hydrogen-bond donors (Lipinski definition) is 4. The number of hydrogen-bond acceptors (Lipinski definition) is 7. The summed E-state index contributed by atoms with van der Waals surface area (Å²) >= 11 is 6.00. The summed E-state index contributed by atoms with van der Waals surface area (Å²) in [6, 6.07) is 7.74. The van der Waals surface area contributed by atoms with Crippen LogP contribution in [0.15, 0.2) is 42.7 Å². The standard InChI is InChI=1S/C20H17ClFN5O.CH5N/c1-12-11-26-18(14-8-13(21)2-3-15(14)22)9-17(12)27-16-4-5-24-19(10-23)20(16)25-6-7-28;1-2/h2-5,7-11,23,25H,6H2,1H3,(H,24,26,27);2H2,1H3. The lowest BCUT2D eigenvalue weighted by Gasteiger charge is -2.16. The number of aryl methyl sites for hydroxylation is 1. The van der Waals surface area contributed by atoms with Crippen molar-refractivity contribution in [1.82, 2.24) is 9.97 Å². The van der Waals surface area contributed by atoms with Crippen LogP contribution in [0.3, 0.4) is 0 Å². The van der Waals surface area contributed by atoms with E-state index >= 15 is 0 Å². The van der Waals surface area contributed by atoms with Crippen LogP contribution in [0, 0.1) is 18.2 Å². The normalized spacial score (nSPS) is 9.90. The molecule has 2 heterocycles. The lowest BCUT2D eigenvalue weighted by molar-refractivity contribution is -0.106. The van der Waals surface area contributed by atoms with E-state index in [4.69, 9.17) is 17.0 Å². The lowest BCUT2D eigenvalue weighted by Crippen LogP contribution is -2.09. The molecule has 2 aromatic heterocycles. The average molecular weight is 429 g/mol. The quantitative estimate of drug-likeness (QED) is 0.331. The van der Waals surface area contributed by atoms with Crippen LogP contribution in [0.5, 0.6) is 0 Å². The first-order valence-corrected chi connectivity index (χ1v) is 9.35. The molecule has 0 aliphatic carbocycles. The Morgan fingerprint density at radius 1 is 1.20 bits per heavy atom. The second-order valence-electron chi connectivity index (χ2n) is 5.94. The molecule has 156 valence electrons. The van der Waals surface area contributed by atoms with E-state index in [1.165, 1.54) is 25.2 Å². The van der Waals surface area contributed by atoms with E-state index in [1.54, 1.807) is 24.5 Å². The predicted molar refractivity (Wildman–Crippen MR) is 119 cm³/mol. The van der Waals surface area contributed by atoms with Crippen molar-refractivity contribution in [3.63, 3.8) is 0 Å². The Morgan fingerprint density at radius 2 is 1.97 bits per heavy atom. The molecule has 5 N–H and O–H groups in total. The number of nitrogens with one attached hydrogen (secondary N) is 3. The maximum Gasteiger partial charge on any atom is 0.139 e. The van der Waals surface area contributed by atoms with Gasteiger partial charge >= 0.3 is 0 Å². The molecule has 0 spiro atoms. The summed E-state index contributed by atoms with van der Waals surface area (Å²) in [4.78, 5) is 19.2. The molecule has 0 aliphatic heterocycles.